The van der Waals surface area contributed by atoms with E-state index in [0.717, 1.165) is 0 Å². The number of benzene rings is 2. The second-order valence-electron chi connectivity index (χ2n) is 7.76. The molecule has 9 nitrogen and oxygen atoms in total. The van der Waals surface area contributed by atoms with Crippen LogP contribution in [0.25, 0.3) is 0 Å². The van der Waals surface area contributed by atoms with E-state index in [0.29, 0.717) is 30.1 Å². The van der Waals surface area contributed by atoms with Gasteiger partial charge in [0.05, 0.1) is 29.8 Å². The van der Waals surface area contributed by atoms with Crippen LogP contribution in [0.3, 0.4) is 0 Å². The Morgan fingerprint density at radius 2 is 1.59 bits per heavy atom. The molecule has 0 atom stereocenters. The van der Waals surface area contributed by atoms with Gasteiger partial charge in [-0.25, -0.2) is 8.42 Å². The Kier molecular flexibility index (Phi) is 7.29. The summed E-state index contributed by atoms with van der Waals surface area (Å²) in [6, 6.07) is 18.7. The molecule has 0 aliphatic carbocycles. The summed E-state index contributed by atoms with van der Waals surface area (Å²) in [5.41, 5.74) is 0.957. The molecule has 10 heteroatoms. The second-order valence-corrected chi connectivity index (χ2v) is 9.70. The lowest BCUT2D eigenvalue weighted by Crippen LogP contribution is -2.51. The fourth-order valence-electron chi connectivity index (χ4n) is 3.71. The summed E-state index contributed by atoms with van der Waals surface area (Å²) in [5, 5.41) is 5.84. The lowest BCUT2D eigenvalue weighted by molar-refractivity contribution is -0.130. The summed E-state index contributed by atoms with van der Waals surface area (Å²) in [4.78, 5) is 27.2. The molecular weight excluding hydrogens is 456 g/mol. The molecule has 0 saturated carbocycles. The van der Waals surface area contributed by atoms with Crippen molar-refractivity contribution in [3.8, 4) is 0 Å². The van der Waals surface area contributed by atoms with Crippen molar-refractivity contribution >= 4 is 27.5 Å². The zero-order valence-corrected chi connectivity index (χ0v) is 19.3. The van der Waals surface area contributed by atoms with Crippen LogP contribution in [0.2, 0.25) is 0 Å². The Labute approximate surface area is 198 Å². The van der Waals surface area contributed by atoms with Gasteiger partial charge in [-0.15, -0.1) is 0 Å². The number of nitrogens with zero attached hydrogens (tertiary/aromatic N) is 2. The van der Waals surface area contributed by atoms with Gasteiger partial charge in [-0.05, 0) is 36.4 Å². The molecule has 0 unspecified atom stereocenters. The number of amides is 2. The van der Waals surface area contributed by atoms with Crippen molar-refractivity contribution in [1.82, 2.24) is 14.5 Å². The minimum absolute atomic E-state index is 0.00604. The lowest BCUT2D eigenvalue weighted by atomic mass is 10.1. The summed E-state index contributed by atoms with van der Waals surface area (Å²) in [6.07, 6.45) is 1.54. The summed E-state index contributed by atoms with van der Waals surface area (Å²) >= 11 is 0. The number of anilines is 1. The third kappa shape index (κ3) is 5.46. The van der Waals surface area contributed by atoms with Crippen LogP contribution in [0.4, 0.5) is 5.69 Å². The fourth-order valence-corrected chi connectivity index (χ4v) is 5.16. The normalized spacial score (nSPS) is 14.5. The van der Waals surface area contributed by atoms with E-state index in [1.54, 1.807) is 77.9 Å². The molecule has 1 saturated heterocycles. The van der Waals surface area contributed by atoms with Crippen molar-refractivity contribution in [3.63, 3.8) is 0 Å². The van der Waals surface area contributed by atoms with Crippen LogP contribution in [0.5, 0.6) is 0 Å². The van der Waals surface area contributed by atoms with Gasteiger partial charge in [-0.1, -0.05) is 30.3 Å². The van der Waals surface area contributed by atoms with Gasteiger partial charge in [0.15, 0.2) is 0 Å². The van der Waals surface area contributed by atoms with Gasteiger partial charge in [0, 0.05) is 31.9 Å². The summed E-state index contributed by atoms with van der Waals surface area (Å²) in [5.74, 6) is 0.191. The predicted octanol–water partition coefficient (Wildman–Crippen LogP) is 2.15. The summed E-state index contributed by atoms with van der Waals surface area (Å²) in [7, 11) is -3.57. The summed E-state index contributed by atoms with van der Waals surface area (Å²) in [6.45, 7) is 1.32. The molecule has 2 N–H and O–H groups in total. The highest BCUT2D eigenvalue weighted by Crippen LogP contribution is 2.18. The maximum absolute atomic E-state index is 12.8. The first-order valence-electron chi connectivity index (χ1n) is 10.9. The number of carbonyl (C=O) groups excluding carboxylic acids is 2. The van der Waals surface area contributed by atoms with Gasteiger partial charge in [-0.2, -0.15) is 4.31 Å². The number of rotatable bonds is 8. The van der Waals surface area contributed by atoms with Crippen LogP contribution in [0.1, 0.15) is 16.1 Å². The van der Waals surface area contributed by atoms with Crippen LogP contribution in [-0.4, -0.2) is 62.2 Å². The van der Waals surface area contributed by atoms with Crippen molar-refractivity contribution in [3.05, 3.63) is 84.3 Å². The molecule has 0 spiro atoms. The Morgan fingerprint density at radius 1 is 0.882 bits per heavy atom. The van der Waals surface area contributed by atoms with E-state index in [4.69, 9.17) is 4.42 Å². The molecule has 178 valence electrons. The van der Waals surface area contributed by atoms with Crippen LogP contribution in [0.15, 0.2) is 82.3 Å². The van der Waals surface area contributed by atoms with E-state index in [-0.39, 0.29) is 42.9 Å². The highest BCUT2D eigenvalue weighted by molar-refractivity contribution is 7.89. The highest BCUT2D eigenvalue weighted by atomic mass is 32.2. The Bertz CT molecular complexity index is 1220. The topological polar surface area (TPSA) is 112 Å². The molecule has 1 aliphatic rings. The van der Waals surface area contributed by atoms with E-state index in [1.165, 1.54) is 4.31 Å². The van der Waals surface area contributed by atoms with Gasteiger partial charge in [0.25, 0.3) is 5.91 Å². The molecule has 1 aliphatic heterocycles. The first kappa shape index (κ1) is 23.5. The molecule has 2 amide bonds. The first-order valence-corrected chi connectivity index (χ1v) is 12.4. The minimum Gasteiger partial charge on any atom is -0.467 e. The second kappa shape index (κ2) is 10.5. The molecule has 0 bridgehead atoms. The average molecular weight is 483 g/mol. The van der Waals surface area contributed by atoms with E-state index < -0.39 is 10.0 Å². The lowest BCUT2D eigenvalue weighted by Gasteiger charge is -2.34. The largest absolute Gasteiger partial charge is 0.467 e. The van der Waals surface area contributed by atoms with Crippen LogP contribution >= 0.6 is 0 Å². The first-order chi connectivity index (χ1) is 16.4. The van der Waals surface area contributed by atoms with Crippen molar-refractivity contribution in [2.24, 2.45) is 0 Å². The Morgan fingerprint density at radius 3 is 2.29 bits per heavy atom. The number of hydrogen-bond acceptors (Lipinski definition) is 6. The highest BCUT2D eigenvalue weighted by Gasteiger charge is 2.29. The van der Waals surface area contributed by atoms with Crippen molar-refractivity contribution in [2.45, 2.75) is 11.4 Å². The van der Waals surface area contributed by atoms with Gasteiger partial charge < -0.3 is 20.0 Å². The molecular formula is C24H26N4O5S. The van der Waals surface area contributed by atoms with Crippen LogP contribution in [0, 0.1) is 0 Å². The van der Waals surface area contributed by atoms with Crippen molar-refractivity contribution in [2.75, 3.05) is 38.0 Å². The van der Waals surface area contributed by atoms with E-state index in [9.17, 15) is 18.0 Å². The molecule has 1 aromatic heterocycles. The third-order valence-electron chi connectivity index (χ3n) is 5.58. The molecule has 4 rings (SSSR count). The zero-order valence-electron chi connectivity index (χ0n) is 18.5. The van der Waals surface area contributed by atoms with Crippen molar-refractivity contribution < 1.29 is 22.4 Å². The van der Waals surface area contributed by atoms with Gasteiger partial charge >= 0.3 is 0 Å². The van der Waals surface area contributed by atoms with Gasteiger partial charge in [-0.3, -0.25) is 9.59 Å². The maximum Gasteiger partial charge on any atom is 0.253 e. The molecule has 3 aromatic rings. The average Bonchev–Trinajstić information content (AvgIpc) is 3.40. The standard InChI is InChI=1S/C24H26N4O5S/c29-23(27-12-14-28(15-13-27)34(31,32)20-8-2-1-3-9-20)18-25-22-11-5-4-10-21(22)24(30)26-17-19-7-6-16-33-19/h1-11,16,25H,12-15,17-18H2,(H,26,30). The predicted molar refractivity (Wildman–Crippen MR) is 127 cm³/mol. The number of hydrogen-bond donors (Lipinski definition) is 2. The monoisotopic (exact) mass is 482 g/mol. The number of nitrogens with one attached hydrogen (secondary N) is 2. The summed E-state index contributed by atoms with van der Waals surface area (Å²) < 4.78 is 32.2. The number of carbonyl (C=O) groups is 2. The number of para-hydroxylation sites is 1. The smallest absolute Gasteiger partial charge is 0.253 e. The number of piperazine rings is 1. The number of furan rings is 1. The fraction of sp³-hybridized carbons (Fsp3) is 0.250. The van der Waals surface area contributed by atoms with Gasteiger partial charge in [0.2, 0.25) is 15.9 Å². The number of sulfonamides is 1. The Hall–Kier alpha value is -3.63. The molecule has 1 fully saturated rings. The van der Waals surface area contributed by atoms with Crippen LogP contribution in [-0.2, 0) is 21.4 Å². The molecule has 2 heterocycles. The van der Waals surface area contributed by atoms with Crippen LogP contribution < -0.4 is 10.6 Å². The van der Waals surface area contributed by atoms with E-state index in [1.807, 2.05) is 0 Å². The molecule has 0 radical (unpaired) electrons. The maximum atomic E-state index is 12.8. The minimum atomic E-state index is -3.57. The third-order valence-corrected chi connectivity index (χ3v) is 7.49. The van der Waals surface area contributed by atoms with E-state index >= 15 is 0 Å². The van der Waals surface area contributed by atoms with Gasteiger partial charge in [0.1, 0.15) is 5.76 Å². The van der Waals surface area contributed by atoms with Crippen molar-refractivity contribution in [1.29, 1.82) is 0 Å². The SMILES string of the molecule is O=C(NCc1ccco1)c1ccccc1NCC(=O)N1CCN(S(=O)(=O)c2ccccc2)CC1. The Balaban J connectivity index is 1.30. The molecule has 2 aromatic carbocycles. The molecule has 34 heavy (non-hydrogen) atoms. The van der Waals surface area contributed by atoms with E-state index in [2.05, 4.69) is 10.6 Å². The zero-order chi connectivity index (χ0) is 24.0. The quantitative estimate of drug-likeness (QED) is 0.509.